The van der Waals surface area contributed by atoms with Crippen molar-refractivity contribution in [3.05, 3.63) is 69.5 Å². The van der Waals surface area contributed by atoms with Crippen molar-refractivity contribution < 1.29 is 9.18 Å². The number of hydrogen-bond donors (Lipinski definition) is 1. The third kappa shape index (κ3) is 6.06. The molecule has 2 fully saturated rings. The van der Waals surface area contributed by atoms with E-state index in [2.05, 4.69) is 22.2 Å². The minimum Gasteiger partial charge on any atom is -0.367 e. The number of nitrogens with one attached hydrogen (secondary N) is 1. The van der Waals surface area contributed by atoms with E-state index in [0.29, 0.717) is 41.1 Å². The van der Waals surface area contributed by atoms with Crippen LogP contribution in [0.4, 0.5) is 10.1 Å². The minimum absolute atomic E-state index is 0.0627. The van der Waals surface area contributed by atoms with Gasteiger partial charge < -0.3 is 20.0 Å². The van der Waals surface area contributed by atoms with E-state index in [4.69, 9.17) is 4.98 Å². The molecule has 41 heavy (non-hydrogen) atoms. The number of hydrogen-bond acceptors (Lipinski definition) is 6. The maximum Gasteiger partial charge on any atom is 0.261 e. The second-order valence-electron chi connectivity index (χ2n) is 11.6. The van der Waals surface area contributed by atoms with Crippen molar-refractivity contribution >= 4 is 34.1 Å². The number of likely N-dealkylation sites (tertiary alicyclic amines) is 1. The second-order valence-corrected chi connectivity index (χ2v) is 11.6. The molecule has 0 atom stereocenters. The Morgan fingerprint density at radius 2 is 1.73 bits per heavy atom. The van der Waals surface area contributed by atoms with E-state index in [1.165, 1.54) is 25.3 Å². The molecular formula is C32H39FN6O2. The monoisotopic (exact) mass is 558 g/mol. The number of allylic oxidation sites excluding steroid dienone is 1. The number of anilines is 1. The van der Waals surface area contributed by atoms with E-state index in [0.717, 1.165) is 69.8 Å². The van der Waals surface area contributed by atoms with Crippen LogP contribution >= 0.6 is 0 Å². The summed E-state index contributed by atoms with van der Waals surface area (Å²) in [5.74, 6) is 0.209. The van der Waals surface area contributed by atoms with Crippen LogP contribution < -0.4 is 15.8 Å². The fourth-order valence-corrected chi connectivity index (χ4v) is 6.19. The average molecular weight is 559 g/mol. The molecule has 3 aliphatic rings. The number of halogens is 1. The Hall–Kier alpha value is -3.56. The fraction of sp³-hybridized carbons (Fsp3) is 0.469. The van der Waals surface area contributed by atoms with Gasteiger partial charge in [-0.25, -0.2) is 9.37 Å². The number of likely N-dealkylation sites (N-methyl/N-ethyl adjacent to an activating group) is 1. The Morgan fingerprint density at radius 1 is 0.976 bits per heavy atom. The Bertz CT molecular complexity index is 1500. The van der Waals surface area contributed by atoms with Crippen LogP contribution in [-0.2, 0) is 6.54 Å². The van der Waals surface area contributed by atoms with Crippen LogP contribution in [0.1, 0.15) is 53.8 Å². The maximum absolute atomic E-state index is 15.1. The van der Waals surface area contributed by atoms with E-state index in [1.807, 2.05) is 35.2 Å². The van der Waals surface area contributed by atoms with Gasteiger partial charge in [0.15, 0.2) is 0 Å². The topological polar surface area (TPSA) is 73.7 Å². The van der Waals surface area contributed by atoms with Crippen molar-refractivity contribution in [2.24, 2.45) is 0 Å². The van der Waals surface area contributed by atoms with E-state index in [9.17, 15) is 9.59 Å². The summed E-state index contributed by atoms with van der Waals surface area (Å²) in [5, 5.41) is 3.36. The molecule has 0 saturated carbocycles. The summed E-state index contributed by atoms with van der Waals surface area (Å²) in [4.78, 5) is 37.7. The highest BCUT2D eigenvalue weighted by Crippen LogP contribution is 2.30. The van der Waals surface area contributed by atoms with Crippen molar-refractivity contribution in [2.75, 3.05) is 64.3 Å². The third-order valence-electron chi connectivity index (χ3n) is 8.66. The highest BCUT2D eigenvalue weighted by molar-refractivity contribution is 5.94. The lowest BCUT2D eigenvalue weighted by atomic mass is 10.0. The Labute approximate surface area is 240 Å². The van der Waals surface area contributed by atoms with E-state index >= 15 is 4.39 Å². The van der Waals surface area contributed by atoms with Crippen LogP contribution in [0, 0.1) is 5.82 Å². The molecule has 3 aromatic rings. The minimum atomic E-state index is -0.372. The van der Waals surface area contributed by atoms with Gasteiger partial charge >= 0.3 is 0 Å². The Morgan fingerprint density at radius 3 is 2.49 bits per heavy atom. The zero-order valence-corrected chi connectivity index (χ0v) is 23.9. The number of rotatable bonds is 6. The van der Waals surface area contributed by atoms with Gasteiger partial charge in [0.1, 0.15) is 11.6 Å². The molecule has 2 aromatic carbocycles. The average Bonchev–Trinajstić information content (AvgIpc) is 2.99. The molecule has 0 bridgehead atoms. The first-order chi connectivity index (χ1) is 20.0. The number of carbonyl (C=O) groups excluding carboxylic acids is 1. The van der Waals surface area contributed by atoms with Crippen molar-refractivity contribution in [1.29, 1.82) is 0 Å². The van der Waals surface area contributed by atoms with Crippen molar-refractivity contribution in [2.45, 2.75) is 38.6 Å². The van der Waals surface area contributed by atoms with Gasteiger partial charge in [-0.15, -0.1) is 0 Å². The smallest absolute Gasteiger partial charge is 0.261 e. The number of piperidine rings is 1. The number of amides is 1. The maximum atomic E-state index is 15.1. The standard InChI is InChI=1S/C32H39FN6O2/c1-36-16-18-38(19-17-36)29-22-28-26(21-27(29)33)32(41)39-14-5-6-25(30(39)35-28)20-23-7-9-24(10-8-23)31(40)34-11-15-37-12-3-2-4-13-37/h7-10,20-22H,2-6,11-19H2,1H3,(H,34,40)/b25-20+. The highest BCUT2D eigenvalue weighted by atomic mass is 19.1. The molecule has 4 heterocycles. The Kier molecular flexibility index (Phi) is 8.16. The predicted molar refractivity (Wildman–Crippen MR) is 162 cm³/mol. The van der Waals surface area contributed by atoms with E-state index in [-0.39, 0.29) is 17.3 Å². The predicted octanol–water partition coefficient (Wildman–Crippen LogP) is 3.84. The van der Waals surface area contributed by atoms with Crippen molar-refractivity contribution in [3.8, 4) is 0 Å². The number of piperazine rings is 1. The first-order valence-corrected chi connectivity index (χ1v) is 15.0. The summed E-state index contributed by atoms with van der Waals surface area (Å²) in [5.41, 5.74) is 3.39. The van der Waals surface area contributed by atoms with Crippen molar-refractivity contribution in [3.63, 3.8) is 0 Å². The molecule has 1 aromatic heterocycles. The van der Waals surface area contributed by atoms with Crippen molar-refractivity contribution in [1.82, 2.24) is 24.7 Å². The molecule has 6 rings (SSSR count). The molecule has 0 unspecified atom stereocenters. The van der Waals surface area contributed by atoms with Gasteiger partial charge in [0.05, 0.1) is 16.6 Å². The van der Waals surface area contributed by atoms with Gasteiger partial charge in [-0.2, -0.15) is 0 Å². The normalized spacial score (nSPS) is 19.5. The molecule has 1 N–H and O–H groups in total. The zero-order valence-electron chi connectivity index (χ0n) is 23.9. The molecule has 2 saturated heterocycles. The van der Waals surface area contributed by atoms with Crippen LogP contribution in [0.3, 0.4) is 0 Å². The van der Waals surface area contributed by atoms with E-state index in [1.54, 1.807) is 10.6 Å². The first kappa shape index (κ1) is 27.6. The van der Waals surface area contributed by atoms with Gasteiger partial charge in [-0.05, 0) is 87.3 Å². The van der Waals surface area contributed by atoms with Gasteiger partial charge in [-0.1, -0.05) is 18.6 Å². The number of carbonyl (C=O) groups is 1. The fourth-order valence-electron chi connectivity index (χ4n) is 6.19. The van der Waals surface area contributed by atoms with Crippen LogP contribution in [0.25, 0.3) is 22.6 Å². The molecule has 8 nitrogen and oxygen atoms in total. The largest absolute Gasteiger partial charge is 0.367 e. The lowest BCUT2D eigenvalue weighted by molar-refractivity contribution is 0.0946. The summed E-state index contributed by atoms with van der Waals surface area (Å²) < 4.78 is 16.8. The zero-order chi connectivity index (χ0) is 28.3. The first-order valence-electron chi connectivity index (χ1n) is 15.0. The lowest BCUT2D eigenvalue weighted by Gasteiger charge is -2.34. The Balaban J connectivity index is 1.21. The SMILES string of the molecule is CN1CCN(c2cc3nc4n(c(=O)c3cc2F)CCC/C4=C\c2ccc(C(=O)NCCN3CCCCC3)cc2)CC1. The number of nitrogens with zero attached hydrogens (tertiary/aromatic N) is 5. The van der Waals surface area contributed by atoms with Gasteiger partial charge in [0.25, 0.3) is 11.5 Å². The summed E-state index contributed by atoms with van der Waals surface area (Å²) in [7, 11) is 2.07. The summed E-state index contributed by atoms with van der Waals surface area (Å²) in [6.07, 6.45) is 7.44. The second kappa shape index (κ2) is 12.1. The number of aromatic nitrogens is 2. The lowest BCUT2D eigenvalue weighted by Crippen LogP contribution is -2.44. The third-order valence-corrected chi connectivity index (χ3v) is 8.66. The number of fused-ring (bicyclic) bond motifs is 2. The molecule has 216 valence electrons. The van der Waals surface area contributed by atoms with Crippen LogP contribution in [0.5, 0.6) is 0 Å². The summed E-state index contributed by atoms with van der Waals surface area (Å²) >= 11 is 0. The summed E-state index contributed by atoms with van der Waals surface area (Å²) in [6.45, 7) is 7.54. The van der Waals surface area contributed by atoms with Gasteiger partial charge in [0.2, 0.25) is 0 Å². The molecule has 0 aliphatic carbocycles. The molecular weight excluding hydrogens is 519 g/mol. The molecule has 1 amide bonds. The molecule has 0 radical (unpaired) electrons. The van der Waals surface area contributed by atoms with Gasteiger partial charge in [0, 0.05) is 51.4 Å². The van der Waals surface area contributed by atoms with Crippen LogP contribution in [0.2, 0.25) is 0 Å². The molecule has 0 spiro atoms. The quantitative estimate of drug-likeness (QED) is 0.496. The molecule has 3 aliphatic heterocycles. The number of benzene rings is 2. The highest BCUT2D eigenvalue weighted by Gasteiger charge is 2.23. The van der Waals surface area contributed by atoms with Gasteiger partial charge in [-0.3, -0.25) is 14.2 Å². The van der Waals surface area contributed by atoms with Crippen LogP contribution in [0.15, 0.2) is 41.2 Å². The summed E-state index contributed by atoms with van der Waals surface area (Å²) in [6, 6.07) is 10.7. The van der Waals surface area contributed by atoms with Crippen LogP contribution in [-0.4, -0.2) is 84.7 Å². The molecule has 9 heteroatoms. The van der Waals surface area contributed by atoms with E-state index < -0.39 is 0 Å².